The monoisotopic (exact) mass is 482 g/mol. The molecule has 0 saturated heterocycles. The Morgan fingerprint density at radius 2 is 1.94 bits per heavy atom. The average Bonchev–Trinajstić information content (AvgIpc) is 2.94. The molecule has 1 unspecified atom stereocenters. The molecule has 1 aromatic heterocycles. The van der Waals surface area contributed by atoms with Gasteiger partial charge in [-0.3, -0.25) is 4.98 Å². The number of hydrogen-bond acceptors (Lipinski definition) is 2. The van der Waals surface area contributed by atoms with Crippen molar-refractivity contribution in [2.24, 2.45) is 5.92 Å². The molecule has 0 amide bonds. The van der Waals surface area contributed by atoms with Crippen LogP contribution in [0.15, 0.2) is 42.1 Å². The summed E-state index contributed by atoms with van der Waals surface area (Å²) in [5.41, 5.74) is 6.22. The highest BCUT2D eigenvalue weighted by Gasteiger charge is 2.35. The molecular weight excluding hydrogens is 452 g/mol. The van der Waals surface area contributed by atoms with E-state index in [1.165, 1.54) is 12.0 Å². The molecule has 35 heavy (non-hydrogen) atoms. The lowest BCUT2D eigenvalue weighted by molar-refractivity contribution is -0.151. The largest absolute Gasteiger partial charge is 0.403 e. The van der Waals surface area contributed by atoms with Gasteiger partial charge in [0, 0.05) is 35.9 Å². The number of alkyl halides is 3. The first-order valence-corrected chi connectivity index (χ1v) is 12.2. The van der Waals surface area contributed by atoms with Crippen molar-refractivity contribution in [1.29, 1.82) is 0 Å². The Bertz CT molecular complexity index is 1210. The van der Waals surface area contributed by atoms with Gasteiger partial charge in [-0.1, -0.05) is 55.0 Å². The first-order valence-electron chi connectivity index (χ1n) is 12.2. The number of pyridine rings is 1. The highest BCUT2D eigenvalue weighted by molar-refractivity contribution is 6.03. The van der Waals surface area contributed by atoms with Gasteiger partial charge in [0.1, 0.15) is 11.9 Å². The fraction of sp³-hybridized carbons (Fsp3) is 0.414. The van der Waals surface area contributed by atoms with Crippen molar-refractivity contribution in [1.82, 2.24) is 10.3 Å². The van der Waals surface area contributed by atoms with Crippen LogP contribution in [0.2, 0.25) is 0 Å². The zero-order valence-electron chi connectivity index (χ0n) is 20.3. The first kappa shape index (κ1) is 25.2. The number of nitrogens with zero attached hydrogens (tertiary/aromatic N) is 1. The van der Waals surface area contributed by atoms with Crippen molar-refractivity contribution in [3.63, 3.8) is 0 Å². The van der Waals surface area contributed by atoms with Gasteiger partial charge in [0.05, 0.1) is 5.69 Å². The minimum absolute atomic E-state index is 0.0615. The van der Waals surface area contributed by atoms with E-state index in [2.05, 4.69) is 28.2 Å². The molecule has 0 bridgehead atoms. The summed E-state index contributed by atoms with van der Waals surface area (Å²) in [5, 5.41) is 2.49. The van der Waals surface area contributed by atoms with Crippen LogP contribution in [-0.4, -0.2) is 17.2 Å². The van der Waals surface area contributed by atoms with Gasteiger partial charge in [-0.25, -0.2) is 4.39 Å². The Hall–Kier alpha value is -2.91. The standard InChI is InChI=1S/C29H30F4N2/c1-4-5-9-23-24-12-10-18(2)28(30)26(24)15-22(21-7-6-8-21)14-25(23)27-13-11-20(17-35-27)16-34-19(3)29(31,32)33/h10-14,17,19,21,34H,4,6-8,15-16H2,1-3H3. The summed E-state index contributed by atoms with van der Waals surface area (Å²) >= 11 is 0. The molecule has 0 aliphatic heterocycles. The number of hydrogen-bond donors (Lipinski definition) is 1. The maximum atomic E-state index is 15.3. The average molecular weight is 483 g/mol. The van der Waals surface area contributed by atoms with Crippen LogP contribution in [-0.2, 0) is 13.0 Å². The van der Waals surface area contributed by atoms with Crippen molar-refractivity contribution in [3.8, 4) is 11.8 Å². The molecule has 2 nitrogen and oxygen atoms in total. The third-order valence-corrected chi connectivity index (χ3v) is 6.91. The third-order valence-electron chi connectivity index (χ3n) is 6.91. The minimum Gasteiger partial charge on any atom is -0.302 e. The summed E-state index contributed by atoms with van der Waals surface area (Å²) in [6, 6.07) is 5.74. The first-order chi connectivity index (χ1) is 16.7. The molecule has 2 aliphatic rings. The van der Waals surface area contributed by atoms with Crippen molar-refractivity contribution >= 4 is 11.1 Å². The molecule has 184 valence electrons. The topological polar surface area (TPSA) is 24.9 Å². The third kappa shape index (κ3) is 5.51. The molecule has 1 saturated carbocycles. The van der Waals surface area contributed by atoms with Gasteiger partial charge in [0.25, 0.3) is 0 Å². The van der Waals surface area contributed by atoms with E-state index in [1.807, 2.05) is 19.1 Å². The lowest BCUT2D eigenvalue weighted by Gasteiger charge is -2.28. The van der Waals surface area contributed by atoms with E-state index in [0.29, 0.717) is 41.1 Å². The summed E-state index contributed by atoms with van der Waals surface area (Å²) in [4.78, 5) is 4.61. The smallest absolute Gasteiger partial charge is 0.302 e. The number of aryl methyl sites for hydroxylation is 1. The Morgan fingerprint density at radius 3 is 2.54 bits per heavy atom. The minimum atomic E-state index is -4.30. The van der Waals surface area contributed by atoms with E-state index in [4.69, 9.17) is 0 Å². The number of allylic oxidation sites excluding steroid dienone is 4. The van der Waals surface area contributed by atoms with E-state index in [1.54, 1.807) is 25.3 Å². The highest BCUT2D eigenvalue weighted by atomic mass is 19.4. The van der Waals surface area contributed by atoms with Gasteiger partial charge in [0.15, 0.2) is 0 Å². The van der Waals surface area contributed by atoms with Gasteiger partial charge >= 0.3 is 6.18 Å². The molecule has 2 aliphatic carbocycles. The Balaban J connectivity index is 1.78. The van der Waals surface area contributed by atoms with Gasteiger partial charge in [-0.2, -0.15) is 13.2 Å². The van der Waals surface area contributed by atoms with Gasteiger partial charge < -0.3 is 5.32 Å². The van der Waals surface area contributed by atoms with E-state index >= 15 is 4.39 Å². The summed E-state index contributed by atoms with van der Waals surface area (Å²) in [7, 11) is 0. The Morgan fingerprint density at radius 1 is 1.17 bits per heavy atom. The lowest BCUT2D eigenvalue weighted by atomic mass is 9.77. The molecular formula is C29H30F4N2. The van der Waals surface area contributed by atoms with Crippen LogP contribution in [0.5, 0.6) is 0 Å². The molecule has 1 fully saturated rings. The second-order valence-electron chi connectivity index (χ2n) is 9.39. The highest BCUT2D eigenvalue weighted by Crippen LogP contribution is 2.42. The number of aromatic nitrogens is 1. The van der Waals surface area contributed by atoms with Crippen molar-refractivity contribution in [2.75, 3.05) is 0 Å². The zero-order valence-corrected chi connectivity index (χ0v) is 20.3. The van der Waals surface area contributed by atoms with Gasteiger partial charge in [-0.15, -0.1) is 0 Å². The van der Waals surface area contributed by atoms with Crippen LogP contribution in [0, 0.1) is 30.5 Å². The van der Waals surface area contributed by atoms with Crippen LogP contribution >= 0.6 is 0 Å². The second-order valence-corrected chi connectivity index (χ2v) is 9.39. The molecule has 4 rings (SSSR count). The molecule has 1 N–H and O–H groups in total. The van der Waals surface area contributed by atoms with Crippen LogP contribution in [0.25, 0.3) is 11.1 Å². The summed E-state index contributed by atoms with van der Waals surface area (Å²) in [5.74, 6) is 6.65. The Kier molecular flexibility index (Phi) is 7.47. The van der Waals surface area contributed by atoms with Crippen molar-refractivity contribution < 1.29 is 17.6 Å². The van der Waals surface area contributed by atoms with E-state index < -0.39 is 12.2 Å². The summed E-state index contributed by atoms with van der Waals surface area (Å²) < 4.78 is 53.8. The van der Waals surface area contributed by atoms with Crippen LogP contribution in [0.1, 0.15) is 67.5 Å². The molecule has 0 radical (unpaired) electrons. The van der Waals surface area contributed by atoms with Crippen molar-refractivity contribution in [2.45, 2.75) is 71.6 Å². The Labute approximate surface area is 204 Å². The molecule has 1 aromatic carbocycles. The predicted octanol–water partition coefficient (Wildman–Crippen LogP) is 7.18. The second kappa shape index (κ2) is 10.4. The quantitative estimate of drug-likeness (QED) is 0.361. The van der Waals surface area contributed by atoms with Crippen LogP contribution in [0.3, 0.4) is 0 Å². The molecule has 2 aromatic rings. The normalized spacial score (nSPS) is 17.1. The van der Waals surface area contributed by atoms with E-state index in [0.717, 1.165) is 36.5 Å². The summed E-state index contributed by atoms with van der Waals surface area (Å²) in [6.07, 6.45) is 3.99. The van der Waals surface area contributed by atoms with Gasteiger partial charge in [0.2, 0.25) is 0 Å². The van der Waals surface area contributed by atoms with E-state index in [9.17, 15) is 13.2 Å². The number of nitrogens with one attached hydrogen (secondary N) is 1. The molecule has 1 atom stereocenters. The van der Waals surface area contributed by atoms with Gasteiger partial charge in [-0.05, 0) is 61.8 Å². The summed E-state index contributed by atoms with van der Waals surface area (Å²) in [6.45, 7) is 4.91. The zero-order chi connectivity index (χ0) is 25.2. The predicted molar refractivity (Wildman–Crippen MR) is 132 cm³/mol. The number of rotatable bonds is 5. The maximum Gasteiger partial charge on any atom is 0.403 e. The SMILES string of the molecule is CCC#CC1=C(c2ccc(CNC(C)C(F)(F)F)cn2)C=C(C2CCC2)Cc2c1ccc(C)c2F. The lowest BCUT2D eigenvalue weighted by Crippen LogP contribution is -2.39. The molecule has 6 heteroatoms. The number of benzene rings is 1. The van der Waals surface area contributed by atoms with Crippen molar-refractivity contribution in [3.05, 3.63) is 75.9 Å². The van der Waals surface area contributed by atoms with E-state index in [-0.39, 0.29) is 12.4 Å². The number of fused-ring (bicyclic) bond motifs is 1. The van der Waals surface area contributed by atoms with Crippen LogP contribution < -0.4 is 5.32 Å². The fourth-order valence-electron chi connectivity index (χ4n) is 4.43. The maximum absolute atomic E-state index is 15.3. The number of halogens is 4. The molecule has 1 heterocycles. The fourth-order valence-corrected chi connectivity index (χ4v) is 4.43. The van der Waals surface area contributed by atoms with Crippen LogP contribution in [0.4, 0.5) is 17.6 Å². The molecule has 0 spiro atoms.